The van der Waals surface area contributed by atoms with Crippen molar-refractivity contribution < 1.29 is 33.5 Å². The van der Waals surface area contributed by atoms with E-state index in [0.717, 1.165) is 5.56 Å². The van der Waals surface area contributed by atoms with Crippen LogP contribution in [0.25, 0.3) is 0 Å². The van der Waals surface area contributed by atoms with E-state index in [1.165, 1.54) is 0 Å². The Morgan fingerprint density at radius 2 is 1.83 bits per heavy atom. The molecule has 0 aliphatic rings. The van der Waals surface area contributed by atoms with E-state index >= 15 is 0 Å². The topological polar surface area (TPSA) is 168 Å². The van der Waals surface area contributed by atoms with E-state index in [1.807, 2.05) is 30.3 Å². The molecule has 1 aromatic rings. The first kappa shape index (κ1) is 25.6. The van der Waals surface area contributed by atoms with Crippen LogP contribution in [0.15, 0.2) is 30.3 Å². The zero-order valence-corrected chi connectivity index (χ0v) is 18.0. The lowest BCUT2D eigenvalue weighted by atomic mass is 10.1. The number of primary amides is 1. The summed E-state index contributed by atoms with van der Waals surface area (Å²) in [7, 11) is -4.51. The van der Waals surface area contributed by atoms with Gasteiger partial charge in [0.15, 0.2) is 6.10 Å². The summed E-state index contributed by atoms with van der Waals surface area (Å²) in [5, 5.41) is 14.1. The number of carboxylic acid groups (broad SMARTS) is 1. The molecule has 3 atom stereocenters. The smallest absolute Gasteiger partial charge is 0.351 e. The van der Waals surface area contributed by atoms with Crippen LogP contribution in [0.5, 0.6) is 0 Å². The van der Waals surface area contributed by atoms with Gasteiger partial charge in [-0.1, -0.05) is 44.2 Å². The van der Waals surface area contributed by atoms with Gasteiger partial charge in [0.2, 0.25) is 5.91 Å². The Bertz CT molecular complexity index is 758. The fourth-order valence-corrected chi connectivity index (χ4v) is 4.48. The number of amides is 3. The molecule has 11 heteroatoms. The van der Waals surface area contributed by atoms with E-state index in [-0.39, 0.29) is 25.8 Å². The SMILES string of the molecule is CC(C)C(NC(=O)CCc1ccccc1)P(=O)(O)OC(CCCNC(N)=O)C(=O)O. The molecule has 6 N–H and O–H groups in total. The van der Waals surface area contributed by atoms with E-state index < -0.39 is 43.3 Å². The van der Waals surface area contributed by atoms with Crippen molar-refractivity contribution in [1.82, 2.24) is 10.6 Å². The first-order valence-corrected chi connectivity index (χ1v) is 11.3. The Kier molecular flexibility index (Phi) is 10.5. The number of nitrogens with two attached hydrogens (primary N) is 1. The molecule has 0 fully saturated rings. The number of hydrogen-bond donors (Lipinski definition) is 5. The standard InChI is InChI=1S/C19H30N3O7P/c1-13(2)17(22-16(23)11-10-14-7-4-3-5-8-14)30(27,28)29-15(18(24)25)9-6-12-21-19(20)26/h3-5,7-8,13,15,17H,6,9-12H2,1-2H3,(H,22,23)(H,24,25)(H,27,28)(H3,20,21,26). The summed E-state index contributed by atoms with van der Waals surface area (Å²) in [4.78, 5) is 44.8. The van der Waals surface area contributed by atoms with Gasteiger partial charge in [-0.15, -0.1) is 0 Å². The zero-order chi connectivity index (χ0) is 22.7. The van der Waals surface area contributed by atoms with Gasteiger partial charge in [0.25, 0.3) is 0 Å². The van der Waals surface area contributed by atoms with Crippen LogP contribution in [0.4, 0.5) is 4.79 Å². The van der Waals surface area contributed by atoms with Gasteiger partial charge in [0, 0.05) is 13.0 Å². The Morgan fingerprint density at radius 3 is 2.37 bits per heavy atom. The predicted molar refractivity (Wildman–Crippen MR) is 111 cm³/mol. The van der Waals surface area contributed by atoms with Crippen molar-refractivity contribution in [2.45, 2.75) is 51.4 Å². The van der Waals surface area contributed by atoms with Gasteiger partial charge < -0.3 is 26.4 Å². The average molecular weight is 443 g/mol. The first-order valence-electron chi connectivity index (χ1n) is 9.63. The van der Waals surface area contributed by atoms with Gasteiger partial charge >= 0.3 is 19.6 Å². The van der Waals surface area contributed by atoms with Crippen molar-refractivity contribution in [2.75, 3.05) is 6.54 Å². The molecule has 0 saturated heterocycles. The minimum Gasteiger partial charge on any atom is -0.479 e. The van der Waals surface area contributed by atoms with Gasteiger partial charge in [-0.25, -0.2) is 9.59 Å². The van der Waals surface area contributed by atoms with Crippen LogP contribution in [-0.2, 0) is 25.1 Å². The van der Waals surface area contributed by atoms with E-state index in [9.17, 15) is 28.9 Å². The van der Waals surface area contributed by atoms with Crippen LogP contribution in [0.3, 0.4) is 0 Å². The van der Waals surface area contributed by atoms with Gasteiger partial charge in [0.1, 0.15) is 5.78 Å². The number of aliphatic carboxylic acids is 1. The number of carbonyl (C=O) groups excluding carboxylic acids is 2. The zero-order valence-electron chi connectivity index (χ0n) is 17.1. The highest BCUT2D eigenvalue weighted by atomic mass is 31.2. The maximum absolute atomic E-state index is 12.8. The van der Waals surface area contributed by atoms with E-state index in [4.69, 9.17) is 10.3 Å². The molecule has 1 aromatic carbocycles. The molecule has 1 rings (SSSR count). The van der Waals surface area contributed by atoms with Gasteiger partial charge in [-0.05, 0) is 30.7 Å². The van der Waals surface area contributed by atoms with Gasteiger partial charge in [-0.2, -0.15) is 0 Å². The fourth-order valence-electron chi connectivity index (χ4n) is 2.73. The highest BCUT2D eigenvalue weighted by molar-refractivity contribution is 7.53. The third-order valence-corrected chi connectivity index (χ3v) is 6.26. The predicted octanol–water partition coefficient (Wildman–Crippen LogP) is 1.82. The van der Waals surface area contributed by atoms with E-state index in [0.29, 0.717) is 6.42 Å². The molecular weight excluding hydrogens is 413 g/mol. The summed E-state index contributed by atoms with van der Waals surface area (Å²) in [6, 6.07) is 8.56. The number of rotatable bonds is 13. The van der Waals surface area contributed by atoms with Crippen molar-refractivity contribution in [2.24, 2.45) is 11.7 Å². The van der Waals surface area contributed by atoms with Gasteiger partial charge in [0.05, 0.1) is 0 Å². The second-order valence-electron chi connectivity index (χ2n) is 7.17. The van der Waals surface area contributed by atoms with Crippen LogP contribution in [0, 0.1) is 5.92 Å². The maximum atomic E-state index is 12.8. The fraction of sp³-hybridized carbons (Fsp3) is 0.526. The monoisotopic (exact) mass is 443 g/mol. The molecule has 30 heavy (non-hydrogen) atoms. The molecule has 0 aliphatic carbocycles. The number of benzene rings is 1. The molecular formula is C19H30N3O7P. The second-order valence-corrected chi connectivity index (χ2v) is 9.07. The van der Waals surface area contributed by atoms with Crippen LogP contribution in [0.2, 0.25) is 0 Å². The van der Waals surface area contributed by atoms with Crippen molar-refractivity contribution in [3.8, 4) is 0 Å². The van der Waals surface area contributed by atoms with E-state index in [2.05, 4.69) is 10.6 Å². The summed E-state index contributed by atoms with van der Waals surface area (Å²) in [6.45, 7) is 3.35. The number of urea groups is 1. The summed E-state index contributed by atoms with van der Waals surface area (Å²) in [6.07, 6.45) is -0.951. The lowest BCUT2D eigenvalue weighted by molar-refractivity contribution is -0.145. The normalized spacial score (nSPS) is 15.1. The first-order chi connectivity index (χ1) is 14.0. The molecule has 0 bridgehead atoms. The van der Waals surface area contributed by atoms with Crippen molar-refractivity contribution in [3.05, 3.63) is 35.9 Å². The summed E-state index contributed by atoms with van der Waals surface area (Å²) in [5.41, 5.74) is 5.88. The van der Waals surface area contributed by atoms with Crippen molar-refractivity contribution in [3.63, 3.8) is 0 Å². The van der Waals surface area contributed by atoms with Gasteiger partial charge in [-0.3, -0.25) is 13.9 Å². The molecule has 0 aliphatic heterocycles. The second kappa shape index (κ2) is 12.3. The van der Waals surface area contributed by atoms with Crippen LogP contribution in [0.1, 0.15) is 38.7 Å². The number of hydrogen-bond acceptors (Lipinski definition) is 5. The third kappa shape index (κ3) is 9.39. The molecule has 10 nitrogen and oxygen atoms in total. The van der Waals surface area contributed by atoms with Crippen LogP contribution >= 0.6 is 7.60 Å². The summed E-state index contributed by atoms with van der Waals surface area (Å²) < 4.78 is 17.8. The number of nitrogens with one attached hydrogen (secondary N) is 2. The highest BCUT2D eigenvalue weighted by Crippen LogP contribution is 2.50. The molecule has 3 unspecified atom stereocenters. The molecule has 0 heterocycles. The van der Waals surface area contributed by atoms with Crippen LogP contribution < -0.4 is 16.4 Å². The quantitative estimate of drug-likeness (QED) is 0.229. The maximum Gasteiger partial charge on any atom is 0.351 e. The minimum absolute atomic E-state index is 0.0992. The molecule has 3 amide bonds. The minimum atomic E-state index is -4.51. The van der Waals surface area contributed by atoms with Crippen LogP contribution in [-0.4, -0.2) is 46.3 Å². The lowest BCUT2D eigenvalue weighted by Gasteiger charge is -2.28. The molecule has 0 saturated carbocycles. The van der Waals surface area contributed by atoms with Crippen molar-refractivity contribution >= 4 is 25.5 Å². The number of aryl methyl sites for hydroxylation is 1. The average Bonchev–Trinajstić information content (AvgIpc) is 2.66. The largest absolute Gasteiger partial charge is 0.479 e. The Hall–Kier alpha value is -2.42. The molecule has 0 aromatic heterocycles. The molecule has 0 radical (unpaired) electrons. The Balaban J connectivity index is 2.71. The Labute approximate surface area is 175 Å². The lowest BCUT2D eigenvalue weighted by Crippen LogP contribution is -2.40. The highest BCUT2D eigenvalue weighted by Gasteiger charge is 2.40. The van der Waals surface area contributed by atoms with E-state index in [1.54, 1.807) is 13.8 Å². The van der Waals surface area contributed by atoms with Crippen molar-refractivity contribution in [1.29, 1.82) is 0 Å². The third-order valence-electron chi connectivity index (χ3n) is 4.27. The molecule has 0 spiro atoms. The number of carboxylic acids is 1. The number of carbonyl (C=O) groups is 3. The summed E-state index contributed by atoms with van der Waals surface area (Å²) >= 11 is 0. The molecule has 168 valence electrons. The Morgan fingerprint density at radius 1 is 1.20 bits per heavy atom. The summed E-state index contributed by atoms with van der Waals surface area (Å²) in [5.74, 6) is -3.59.